The zero-order valence-corrected chi connectivity index (χ0v) is 12.7. The molecule has 5 heteroatoms. The van der Waals surface area contributed by atoms with Crippen LogP contribution in [0.4, 0.5) is 0 Å². The molecule has 0 saturated carbocycles. The molecular weight excluding hydrogens is 276 g/mol. The summed E-state index contributed by atoms with van der Waals surface area (Å²) < 4.78 is 5.70. The zero-order valence-electron chi connectivity index (χ0n) is 11.8. The van der Waals surface area contributed by atoms with E-state index in [-0.39, 0.29) is 24.4 Å². The Kier molecular flexibility index (Phi) is 6.05. The van der Waals surface area contributed by atoms with Gasteiger partial charge in [0.2, 0.25) is 5.91 Å². The van der Waals surface area contributed by atoms with Gasteiger partial charge in [0.25, 0.3) is 0 Å². The van der Waals surface area contributed by atoms with Crippen LogP contribution in [-0.4, -0.2) is 23.9 Å². The first-order valence-corrected chi connectivity index (χ1v) is 6.53. The minimum absolute atomic E-state index is 0. The number of fused-ring (bicyclic) bond motifs is 1. The largest absolute Gasteiger partial charge is 0.459 e. The van der Waals surface area contributed by atoms with Crippen LogP contribution >= 0.6 is 12.4 Å². The number of halogens is 1. The predicted octanol–water partition coefficient (Wildman–Crippen LogP) is 2.94. The fourth-order valence-electron chi connectivity index (χ4n) is 1.98. The van der Waals surface area contributed by atoms with Crippen LogP contribution in [0.15, 0.2) is 34.7 Å². The highest BCUT2D eigenvalue weighted by Crippen LogP contribution is 2.19. The second-order valence-electron chi connectivity index (χ2n) is 5.02. The van der Waals surface area contributed by atoms with Crippen LogP contribution in [-0.2, 0) is 11.3 Å². The van der Waals surface area contributed by atoms with Gasteiger partial charge in [-0.3, -0.25) is 4.79 Å². The number of hydrogen-bond acceptors (Lipinski definition) is 3. The number of furan rings is 1. The molecule has 1 amide bonds. The lowest BCUT2D eigenvalue weighted by molar-refractivity contribution is -0.130. The van der Waals surface area contributed by atoms with Crippen LogP contribution in [0.25, 0.3) is 11.0 Å². The molecule has 0 fully saturated rings. The maximum atomic E-state index is 11.9. The molecule has 0 bridgehead atoms. The fraction of sp³-hybridized carbons (Fsp3) is 0.400. The Bertz CT molecular complexity index is 533. The molecule has 20 heavy (non-hydrogen) atoms. The van der Waals surface area contributed by atoms with Gasteiger partial charge in [0, 0.05) is 24.9 Å². The van der Waals surface area contributed by atoms with Crippen molar-refractivity contribution in [1.29, 1.82) is 0 Å². The van der Waals surface area contributed by atoms with Gasteiger partial charge in [0.05, 0.1) is 6.54 Å². The Labute approximate surface area is 125 Å². The van der Waals surface area contributed by atoms with Gasteiger partial charge >= 0.3 is 0 Å². The molecule has 1 heterocycles. The fourth-order valence-corrected chi connectivity index (χ4v) is 1.98. The highest BCUT2D eigenvalue weighted by Gasteiger charge is 2.12. The summed E-state index contributed by atoms with van der Waals surface area (Å²) in [6.45, 7) is 2.40. The third kappa shape index (κ3) is 4.25. The molecule has 0 aliphatic carbocycles. The van der Waals surface area contributed by atoms with Crippen LogP contribution in [0.2, 0.25) is 0 Å². The Morgan fingerprint density at radius 1 is 1.40 bits per heavy atom. The topological polar surface area (TPSA) is 59.5 Å². The summed E-state index contributed by atoms with van der Waals surface area (Å²) in [6.07, 6.45) is 1.19. The van der Waals surface area contributed by atoms with Gasteiger partial charge < -0.3 is 15.1 Å². The van der Waals surface area contributed by atoms with Crippen LogP contribution in [0.3, 0.4) is 0 Å². The standard InChI is InChI=1S/C15H20N2O2.ClH/c1-11(16)7-8-15(18)17(2)10-13-9-12-5-3-4-6-14(12)19-13;/h3-6,9,11H,7-8,10,16H2,1-2H3;1H. The quantitative estimate of drug-likeness (QED) is 0.923. The first-order valence-electron chi connectivity index (χ1n) is 6.53. The monoisotopic (exact) mass is 296 g/mol. The predicted molar refractivity (Wildman–Crippen MR) is 82.8 cm³/mol. The maximum absolute atomic E-state index is 11.9. The summed E-state index contributed by atoms with van der Waals surface area (Å²) >= 11 is 0. The summed E-state index contributed by atoms with van der Waals surface area (Å²) in [7, 11) is 1.79. The Balaban J connectivity index is 0.00000200. The number of nitrogens with zero attached hydrogens (tertiary/aromatic N) is 1. The third-order valence-corrected chi connectivity index (χ3v) is 3.11. The van der Waals surface area contributed by atoms with E-state index in [1.54, 1.807) is 11.9 Å². The molecule has 0 aliphatic heterocycles. The van der Waals surface area contributed by atoms with E-state index in [9.17, 15) is 4.79 Å². The molecule has 2 aromatic rings. The second kappa shape index (κ2) is 7.31. The number of carbonyl (C=O) groups is 1. The Morgan fingerprint density at radius 2 is 2.10 bits per heavy atom. The normalized spacial score (nSPS) is 11.9. The molecular formula is C15H21ClN2O2. The van der Waals surface area contributed by atoms with E-state index in [0.29, 0.717) is 19.4 Å². The molecule has 1 unspecified atom stereocenters. The second-order valence-corrected chi connectivity index (χ2v) is 5.02. The van der Waals surface area contributed by atoms with Crippen LogP contribution in [0, 0.1) is 0 Å². The van der Waals surface area contributed by atoms with Gasteiger partial charge in [-0.1, -0.05) is 18.2 Å². The first-order chi connectivity index (χ1) is 9.06. The molecule has 1 aromatic carbocycles. The average Bonchev–Trinajstić information content (AvgIpc) is 2.77. The van der Waals surface area contributed by atoms with E-state index in [2.05, 4.69) is 0 Å². The molecule has 110 valence electrons. The highest BCUT2D eigenvalue weighted by molar-refractivity contribution is 5.85. The highest BCUT2D eigenvalue weighted by atomic mass is 35.5. The molecule has 1 aromatic heterocycles. The van der Waals surface area contributed by atoms with Gasteiger partial charge in [-0.15, -0.1) is 12.4 Å². The Morgan fingerprint density at radius 3 is 2.75 bits per heavy atom. The van der Waals surface area contributed by atoms with E-state index in [1.165, 1.54) is 0 Å². The van der Waals surface area contributed by atoms with Crippen molar-refractivity contribution < 1.29 is 9.21 Å². The third-order valence-electron chi connectivity index (χ3n) is 3.11. The number of carbonyl (C=O) groups excluding carboxylic acids is 1. The van der Waals surface area contributed by atoms with Crippen LogP contribution in [0.5, 0.6) is 0 Å². The lowest BCUT2D eigenvalue weighted by Gasteiger charge is -2.16. The van der Waals surface area contributed by atoms with Crippen molar-refractivity contribution >= 4 is 29.3 Å². The van der Waals surface area contributed by atoms with E-state index in [4.69, 9.17) is 10.2 Å². The Hall–Kier alpha value is -1.52. The number of benzene rings is 1. The molecule has 1 atom stereocenters. The smallest absolute Gasteiger partial charge is 0.222 e. The summed E-state index contributed by atoms with van der Waals surface area (Å²) in [5, 5.41) is 1.06. The minimum atomic E-state index is 0. The summed E-state index contributed by atoms with van der Waals surface area (Å²) in [5.74, 6) is 0.899. The maximum Gasteiger partial charge on any atom is 0.222 e. The minimum Gasteiger partial charge on any atom is -0.459 e. The van der Waals surface area contributed by atoms with Gasteiger partial charge in [-0.05, 0) is 25.5 Å². The lowest BCUT2D eigenvalue weighted by Crippen LogP contribution is -2.27. The van der Waals surface area contributed by atoms with E-state index in [0.717, 1.165) is 16.7 Å². The zero-order chi connectivity index (χ0) is 13.8. The average molecular weight is 297 g/mol. The van der Waals surface area contributed by atoms with Gasteiger partial charge in [-0.25, -0.2) is 0 Å². The molecule has 4 nitrogen and oxygen atoms in total. The number of rotatable bonds is 5. The van der Waals surface area contributed by atoms with Crippen LogP contribution in [0.1, 0.15) is 25.5 Å². The number of para-hydroxylation sites is 1. The molecule has 2 rings (SSSR count). The molecule has 0 aliphatic rings. The molecule has 2 N–H and O–H groups in total. The summed E-state index contributed by atoms with van der Waals surface area (Å²) in [5.41, 5.74) is 6.51. The lowest BCUT2D eigenvalue weighted by atomic mass is 10.2. The number of hydrogen-bond donors (Lipinski definition) is 1. The van der Waals surface area contributed by atoms with Crippen molar-refractivity contribution in [3.63, 3.8) is 0 Å². The van der Waals surface area contributed by atoms with Gasteiger partial charge in [0.1, 0.15) is 11.3 Å². The molecule has 0 radical (unpaired) electrons. The van der Waals surface area contributed by atoms with Crippen molar-refractivity contribution in [2.45, 2.75) is 32.4 Å². The van der Waals surface area contributed by atoms with Crippen molar-refractivity contribution in [2.24, 2.45) is 5.73 Å². The van der Waals surface area contributed by atoms with Crippen molar-refractivity contribution in [3.8, 4) is 0 Å². The van der Waals surface area contributed by atoms with Crippen LogP contribution < -0.4 is 5.73 Å². The first kappa shape index (κ1) is 16.5. The number of nitrogens with two attached hydrogens (primary N) is 1. The summed E-state index contributed by atoms with van der Waals surface area (Å²) in [4.78, 5) is 13.6. The van der Waals surface area contributed by atoms with E-state index < -0.39 is 0 Å². The summed E-state index contributed by atoms with van der Waals surface area (Å²) in [6, 6.07) is 9.87. The van der Waals surface area contributed by atoms with Crippen molar-refractivity contribution in [3.05, 3.63) is 36.1 Å². The molecule has 0 spiro atoms. The van der Waals surface area contributed by atoms with Crippen molar-refractivity contribution in [1.82, 2.24) is 4.90 Å². The molecule has 0 saturated heterocycles. The van der Waals surface area contributed by atoms with E-state index in [1.807, 2.05) is 37.3 Å². The van der Waals surface area contributed by atoms with Crippen molar-refractivity contribution in [2.75, 3.05) is 7.05 Å². The number of amides is 1. The van der Waals surface area contributed by atoms with Gasteiger partial charge in [0.15, 0.2) is 0 Å². The SMILES string of the molecule is CC(N)CCC(=O)N(C)Cc1cc2ccccc2o1.Cl. The van der Waals surface area contributed by atoms with E-state index >= 15 is 0 Å². The van der Waals surface area contributed by atoms with Gasteiger partial charge in [-0.2, -0.15) is 0 Å².